The lowest BCUT2D eigenvalue weighted by atomic mass is 10.4. The second-order valence-electron chi connectivity index (χ2n) is 2.03. The maximum atomic E-state index is 11.0. The van der Waals surface area contributed by atoms with Gasteiger partial charge in [0.2, 0.25) is 0 Å². The summed E-state index contributed by atoms with van der Waals surface area (Å²) in [6.45, 7) is 3.80. The van der Waals surface area contributed by atoms with Gasteiger partial charge in [0.1, 0.15) is 5.75 Å². The minimum absolute atomic E-state index is 0.612. The van der Waals surface area contributed by atoms with E-state index < -0.39 is 11.4 Å². The van der Waals surface area contributed by atoms with Crippen LogP contribution in [0.4, 0.5) is 0 Å². The smallest absolute Gasteiger partial charge is 0.130 e. The van der Waals surface area contributed by atoms with Crippen molar-refractivity contribution >= 4 is 11.4 Å². The average Bonchev–Trinajstić information content (AvgIpc) is 2.34. The molecular formula is C6H10N2OS. The highest BCUT2D eigenvalue weighted by Gasteiger charge is 2.05. The van der Waals surface area contributed by atoms with Crippen molar-refractivity contribution in [2.24, 2.45) is 0 Å². The molecule has 0 N–H and O–H groups in total. The Hall–Kier alpha value is -0.480. The van der Waals surface area contributed by atoms with Gasteiger partial charge in [-0.25, -0.2) is 0 Å². The van der Waals surface area contributed by atoms with Crippen LogP contribution in [0.5, 0.6) is 0 Å². The van der Waals surface area contributed by atoms with E-state index in [2.05, 4.69) is 5.10 Å². The highest BCUT2D eigenvalue weighted by molar-refractivity contribution is 7.89. The van der Waals surface area contributed by atoms with E-state index in [-0.39, 0.29) is 0 Å². The fourth-order valence-electron chi connectivity index (χ4n) is 0.632. The van der Waals surface area contributed by atoms with Gasteiger partial charge < -0.3 is 4.55 Å². The second-order valence-corrected chi connectivity index (χ2v) is 3.62. The lowest BCUT2D eigenvalue weighted by Crippen LogP contribution is -2.14. The van der Waals surface area contributed by atoms with Crippen molar-refractivity contribution in [2.45, 2.75) is 13.8 Å². The van der Waals surface area contributed by atoms with Crippen LogP contribution in [0.1, 0.15) is 12.5 Å². The molecule has 0 aliphatic rings. The predicted molar refractivity (Wildman–Crippen MR) is 41.0 cm³/mol. The van der Waals surface area contributed by atoms with Crippen LogP contribution in [0.2, 0.25) is 0 Å². The van der Waals surface area contributed by atoms with Crippen LogP contribution in [0.15, 0.2) is 12.4 Å². The molecule has 56 valence electrons. The van der Waals surface area contributed by atoms with E-state index in [4.69, 9.17) is 0 Å². The van der Waals surface area contributed by atoms with E-state index in [1.807, 2.05) is 13.8 Å². The maximum Gasteiger partial charge on any atom is 0.130 e. The number of aromatic nitrogens is 2. The molecule has 0 spiro atoms. The van der Waals surface area contributed by atoms with Gasteiger partial charge in [-0.15, -0.1) is 5.10 Å². The quantitative estimate of drug-likeness (QED) is 0.595. The molecule has 0 amide bonds. The highest BCUT2D eigenvalue weighted by Crippen LogP contribution is 1.98. The molecular weight excluding hydrogens is 148 g/mol. The number of aryl methyl sites for hydroxylation is 1. The van der Waals surface area contributed by atoms with Gasteiger partial charge in [-0.1, -0.05) is 4.09 Å². The van der Waals surface area contributed by atoms with E-state index in [1.54, 1.807) is 12.4 Å². The summed E-state index contributed by atoms with van der Waals surface area (Å²) in [5.41, 5.74) is 1.04. The number of hydrogen-bond acceptors (Lipinski definition) is 2. The molecule has 0 saturated carbocycles. The Morgan fingerprint density at radius 1 is 1.80 bits per heavy atom. The van der Waals surface area contributed by atoms with E-state index in [1.165, 1.54) is 4.09 Å². The minimum atomic E-state index is -0.964. The largest absolute Gasteiger partial charge is 0.591 e. The lowest BCUT2D eigenvalue weighted by Gasteiger charge is -2.04. The molecule has 1 aromatic heterocycles. The molecule has 1 atom stereocenters. The van der Waals surface area contributed by atoms with Crippen molar-refractivity contribution in [3.8, 4) is 0 Å². The Kier molecular flexibility index (Phi) is 2.34. The molecule has 0 aliphatic carbocycles. The summed E-state index contributed by atoms with van der Waals surface area (Å²) in [6, 6.07) is 0. The summed E-state index contributed by atoms with van der Waals surface area (Å²) in [5.74, 6) is 0.612. The van der Waals surface area contributed by atoms with Crippen molar-refractivity contribution in [3.05, 3.63) is 18.0 Å². The molecule has 0 bridgehead atoms. The highest BCUT2D eigenvalue weighted by atomic mass is 32.2. The predicted octanol–water partition coefficient (Wildman–Crippen LogP) is 0.723. The summed E-state index contributed by atoms with van der Waals surface area (Å²) in [6.07, 6.45) is 3.48. The van der Waals surface area contributed by atoms with Gasteiger partial charge in [0.15, 0.2) is 0 Å². The molecule has 1 aromatic rings. The average molecular weight is 158 g/mol. The normalized spacial score (nSPS) is 13.5. The first-order chi connectivity index (χ1) is 4.74. The Morgan fingerprint density at radius 2 is 2.50 bits per heavy atom. The van der Waals surface area contributed by atoms with Crippen LogP contribution in [-0.4, -0.2) is 19.5 Å². The molecule has 10 heavy (non-hydrogen) atoms. The van der Waals surface area contributed by atoms with Crippen LogP contribution in [-0.2, 0) is 11.4 Å². The Balaban J connectivity index is 2.74. The zero-order valence-corrected chi connectivity index (χ0v) is 6.89. The first-order valence-electron chi connectivity index (χ1n) is 3.14. The molecule has 1 rings (SSSR count). The first-order valence-corrected chi connectivity index (χ1v) is 4.41. The van der Waals surface area contributed by atoms with Crippen LogP contribution in [0, 0.1) is 6.92 Å². The fraction of sp³-hybridized carbons (Fsp3) is 0.500. The zero-order valence-electron chi connectivity index (χ0n) is 6.07. The number of rotatable bonds is 2. The van der Waals surface area contributed by atoms with Gasteiger partial charge in [0.05, 0.1) is 23.8 Å². The number of nitrogens with zero attached hydrogens (tertiary/aromatic N) is 2. The summed E-state index contributed by atoms with van der Waals surface area (Å²) in [5, 5.41) is 3.90. The van der Waals surface area contributed by atoms with Crippen molar-refractivity contribution < 1.29 is 4.55 Å². The van der Waals surface area contributed by atoms with Gasteiger partial charge >= 0.3 is 0 Å². The maximum absolute atomic E-state index is 11.0. The molecule has 4 heteroatoms. The van der Waals surface area contributed by atoms with Gasteiger partial charge in [-0.05, 0) is 19.4 Å². The van der Waals surface area contributed by atoms with E-state index in [9.17, 15) is 4.55 Å². The van der Waals surface area contributed by atoms with Crippen molar-refractivity contribution in [3.63, 3.8) is 0 Å². The summed E-state index contributed by atoms with van der Waals surface area (Å²) >= 11 is -0.964. The van der Waals surface area contributed by atoms with Crippen molar-refractivity contribution in [2.75, 3.05) is 5.75 Å². The fourth-order valence-corrected chi connectivity index (χ4v) is 1.33. The Bertz CT molecular complexity index is 211. The van der Waals surface area contributed by atoms with Crippen LogP contribution < -0.4 is 0 Å². The SMILES string of the molecule is CC[S+]([O-])n1cc(C)cn1. The molecule has 1 unspecified atom stereocenters. The third-order valence-electron chi connectivity index (χ3n) is 1.14. The molecule has 0 fully saturated rings. The molecule has 3 nitrogen and oxygen atoms in total. The molecule has 1 heterocycles. The van der Waals surface area contributed by atoms with Gasteiger partial charge in [0.25, 0.3) is 0 Å². The number of hydrogen-bond donors (Lipinski definition) is 0. The third kappa shape index (κ3) is 1.52. The molecule has 0 aliphatic heterocycles. The molecule has 0 radical (unpaired) electrons. The van der Waals surface area contributed by atoms with Gasteiger partial charge in [-0.3, -0.25) is 0 Å². The topological polar surface area (TPSA) is 40.9 Å². The van der Waals surface area contributed by atoms with Gasteiger partial charge in [-0.2, -0.15) is 0 Å². The zero-order chi connectivity index (χ0) is 7.56. The summed E-state index contributed by atoms with van der Waals surface area (Å²) in [7, 11) is 0. The molecule has 0 aromatic carbocycles. The van der Waals surface area contributed by atoms with Crippen molar-refractivity contribution in [1.29, 1.82) is 0 Å². The molecule has 0 saturated heterocycles. The third-order valence-corrected chi connectivity index (χ3v) is 2.26. The minimum Gasteiger partial charge on any atom is -0.591 e. The monoisotopic (exact) mass is 158 g/mol. The van der Waals surface area contributed by atoms with E-state index in [0.29, 0.717) is 5.75 Å². The van der Waals surface area contributed by atoms with Crippen LogP contribution >= 0.6 is 0 Å². The Morgan fingerprint density at radius 3 is 2.90 bits per heavy atom. The van der Waals surface area contributed by atoms with Crippen LogP contribution in [0.3, 0.4) is 0 Å². The van der Waals surface area contributed by atoms with Crippen LogP contribution in [0.25, 0.3) is 0 Å². The second kappa shape index (κ2) is 3.07. The Labute approximate surface area is 63.4 Å². The van der Waals surface area contributed by atoms with E-state index in [0.717, 1.165) is 5.56 Å². The summed E-state index contributed by atoms with van der Waals surface area (Å²) in [4.78, 5) is 0. The summed E-state index contributed by atoms with van der Waals surface area (Å²) < 4.78 is 12.5. The van der Waals surface area contributed by atoms with Crippen molar-refractivity contribution in [1.82, 2.24) is 9.19 Å². The lowest BCUT2D eigenvalue weighted by molar-refractivity contribution is 0.580. The first kappa shape index (κ1) is 7.63. The van der Waals surface area contributed by atoms with E-state index >= 15 is 0 Å². The van der Waals surface area contributed by atoms with Gasteiger partial charge in [0, 0.05) is 0 Å². The standard InChI is InChI=1S/C6H10N2OS/c1-3-10(9)8-5-6(2)4-7-8/h4-5H,3H2,1-2H3.